The monoisotopic (exact) mass is 466 g/mol. The van der Waals surface area contributed by atoms with E-state index in [1.54, 1.807) is 41.3 Å². The minimum absolute atomic E-state index is 0.110. The summed E-state index contributed by atoms with van der Waals surface area (Å²) in [4.78, 5) is 28.5. The number of carbonyl (C=O) groups is 2. The molecule has 33 heavy (non-hydrogen) atoms. The molecule has 3 aromatic rings. The van der Waals surface area contributed by atoms with Crippen LogP contribution in [0.15, 0.2) is 78.9 Å². The van der Waals surface area contributed by atoms with Gasteiger partial charge in [-0.1, -0.05) is 80.0 Å². The Labute approximate surface area is 199 Å². The Morgan fingerprint density at radius 3 is 2.12 bits per heavy atom. The zero-order valence-corrected chi connectivity index (χ0v) is 19.6. The van der Waals surface area contributed by atoms with E-state index in [0.29, 0.717) is 17.1 Å². The van der Waals surface area contributed by atoms with Crippen LogP contribution in [0.2, 0.25) is 5.02 Å². The Morgan fingerprint density at radius 1 is 0.909 bits per heavy atom. The van der Waals surface area contributed by atoms with Gasteiger partial charge in [-0.05, 0) is 46.9 Å². The summed E-state index contributed by atoms with van der Waals surface area (Å²) in [6.07, 6.45) is 0.110. The summed E-state index contributed by atoms with van der Waals surface area (Å²) in [7, 11) is 0. The van der Waals surface area contributed by atoms with Crippen molar-refractivity contribution in [3.63, 3.8) is 0 Å². The Hall–Kier alpha value is -3.18. The Morgan fingerprint density at radius 2 is 1.52 bits per heavy atom. The molecule has 0 fully saturated rings. The van der Waals surface area contributed by atoms with Gasteiger partial charge in [-0.15, -0.1) is 0 Å². The van der Waals surface area contributed by atoms with Crippen LogP contribution in [0.5, 0.6) is 0 Å². The zero-order chi connectivity index (χ0) is 23.8. The predicted octanol–water partition coefficient (Wildman–Crippen LogP) is 5.56. The SMILES string of the molecule is CC(C)CNC(=O)C(c1ccccc1)N(Cc1ccc(F)cc1)C(=O)Cc1ccc(Cl)cc1. The second-order valence-corrected chi connectivity index (χ2v) is 8.84. The van der Waals surface area contributed by atoms with Crippen molar-refractivity contribution >= 4 is 23.4 Å². The average molecular weight is 467 g/mol. The Kier molecular flexibility index (Phi) is 8.61. The zero-order valence-electron chi connectivity index (χ0n) is 18.8. The van der Waals surface area contributed by atoms with E-state index >= 15 is 0 Å². The third-order valence-corrected chi connectivity index (χ3v) is 5.47. The fourth-order valence-corrected chi connectivity index (χ4v) is 3.62. The lowest BCUT2D eigenvalue weighted by molar-refractivity contribution is -0.141. The summed E-state index contributed by atoms with van der Waals surface area (Å²) < 4.78 is 13.5. The summed E-state index contributed by atoms with van der Waals surface area (Å²) in [5, 5.41) is 3.56. The summed E-state index contributed by atoms with van der Waals surface area (Å²) in [6, 6.07) is 21.5. The average Bonchev–Trinajstić information content (AvgIpc) is 2.80. The van der Waals surface area contributed by atoms with Crippen molar-refractivity contribution in [2.75, 3.05) is 6.54 Å². The number of hydrogen-bond acceptors (Lipinski definition) is 2. The number of hydrogen-bond donors (Lipinski definition) is 1. The molecule has 1 atom stereocenters. The number of amides is 2. The van der Waals surface area contributed by atoms with Crippen molar-refractivity contribution in [3.8, 4) is 0 Å². The number of nitrogens with zero attached hydrogens (tertiary/aromatic N) is 1. The highest BCUT2D eigenvalue weighted by Gasteiger charge is 2.31. The van der Waals surface area contributed by atoms with E-state index in [9.17, 15) is 14.0 Å². The van der Waals surface area contributed by atoms with Crippen molar-refractivity contribution in [1.29, 1.82) is 0 Å². The van der Waals surface area contributed by atoms with Crippen molar-refractivity contribution < 1.29 is 14.0 Å². The maximum atomic E-state index is 13.6. The highest BCUT2D eigenvalue weighted by atomic mass is 35.5. The van der Waals surface area contributed by atoms with Gasteiger partial charge in [0.15, 0.2) is 0 Å². The highest BCUT2D eigenvalue weighted by Crippen LogP contribution is 2.25. The van der Waals surface area contributed by atoms with Crippen molar-refractivity contribution in [1.82, 2.24) is 10.2 Å². The molecule has 0 aromatic heterocycles. The molecule has 3 aromatic carbocycles. The fourth-order valence-electron chi connectivity index (χ4n) is 3.50. The van der Waals surface area contributed by atoms with Gasteiger partial charge in [-0.25, -0.2) is 4.39 Å². The molecular formula is C27H28ClFN2O2. The van der Waals surface area contributed by atoms with Gasteiger partial charge in [0.05, 0.1) is 6.42 Å². The molecule has 0 heterocycles. The second kappa shape index (κ2) is 11.6. The molecule has 0 spiro atoms. The van der Waals surface area contributed by atoms with Crippen molar-refractivity contribution in [2.24, 2.45) is 5.92 Å². The Balaban J connectivity index is 1.98. The molecule has 6 heteroatoms. The van der Waals surface area contributed by atoms with Crippen LogP contribution in [-0.4, -0.2) is 23.3 Å². The predicted molar refractivity (Wildman–Crippen MR) is 129 cm³/mol. The van der Waals surface area contributed by atoms with Crippen LogP contribution in [0, 0.1) is 11.7 Å². The van der Waals surface area contributed by atoms with Crippen molar-refractivity contribution in [3.05, 3.63) is 106 Å². The third kappa shape index (κ3) is 7.16. The molecule has 3 rings (SSSR count). The smallest absolute Gasteiger partial charge is 0.247 e. The molecule has 0 bridgehead atoms. The topological polar surface area (TPSA) is 49.4 Å². The lowest BCUT2D eigenvalue weighted by Gasteiger charge is -2.32. The minimum Gasteiger partial charge on any atom is -0.354 e. The van der Waals surface area contributed by atoms with E-state index in [1.165, 1.54) is 12.1 Å². The first kappa shape index (κ1) is 24.5. The molecule has 172 valence electrons. The summed E-state index contributed by atoms with van der Waals surface area (Å²) in [5.41, 5.74) is 2.24. The van der Waals surface area contributed by atoms with Gasteiger partial charge in [0, 0.05) is 18.1 Å². The van der Waals surface area contributed by atoms with Crippen LogP contribution in [0.25, 0.3) is 0 Å². The molecule has 0 saturated heterocycles. The molecule has 0 aliphatic heterocycles. The van der Waals surface area contributed by atoms with Crippen LogP contribution in [0.1, 0.15) is 36.6 Å². The largest absolute Gasteiger partial charge is 0.354 e. The molecular weight excluding hydrogens is 439 g/mol. The van der Waals surface area contributed by atoms with E-state index in [2.05, 4.69) is 5.32 Å². The number of nitrogens with one attached hydrogen (secondary N) is 1. The summed E-state index contributed by atoms with van der Waals surface area (Å²) in [5.74, 6) is -0.551. The van der Waals surface area contributed by atoms with Crippen LogP contribution in [0.3, 0.4) is 0 Å². The second-order valence-electron chi connectivity index (χ2n) is 8.40. The molecule has 0 aliphatic carbocycles. The minimum atomic E-state index is -0.824. The lowest BCUT2D eigenvalue weighted by atomic mass is 10.0. The molecule has 0 radical (unpaired) electrons. The maximum absolute atomic E-state index is 13.6. The van der Waals surface area contributed by atoms with Gasteiger partial charge >= 0.3 is 0 Å². The number of rotatable bonds is 9. The fraction of sp³-hybridized carbons (Fsp3) is 0.259. The standard InChI is InChI=1S/C27H28ClFN2O2/c1-19(2)17-30-27(33)26(22-6-4-3-5-7-22)31(18-21-10-14-24(29)15-11-21)25(32)16-20-8-12-23(28)13-9-20/h3-15,19,26H,16-18H2,1-2H3,(H,30,33). The lowest BCUT2D eigenvalue weighted by Crippen LogP contribution is -2.44. The maximum Gasteiger partial charge on any atom is 0.247 e. The first-order valence-corrected chi connectivity index (χ1v) is 11.3. The molecule has 4 nitrogen and oxygen atoms in total. The van der Waals surface area contributed by atoms with Gasteiger partial charge in [0.1, 0.15) is 11.9 Å². The van der Waals surface area contributed by atoms with E-state index in [4.69, 9.17) is 11.6 Å². The van der Waals surface area contributed by atoms with Gasteiger partial charge < -0.3 is 10.2 Å². The van der Waals surface area contributed by atoms with Crippen LogP contribution in [-0.2, 0) is 22.6 Å². The Bertz CT molecular complexity index is 1050. The molecule has 1 N–H and O–H groups in total. The summed E-state index contributed by atoms with van der Waals surface area (Å²) in [6.45, 7) is 4.69. The third-order valence-electron chi connectivity index (χ3n) is 5.22. The first-order valence-electron chi connectivity index (χ1n) is 10.9. The number of carbonyl (C=O) groups excluding carboxylic acids is 2. The van der Waals surface area contributed by atoms with Gasteiger partial charge in [-0.2, -0.15) is 0 Å². The molecule has 0 saturated carbocycles. The highest BCUT2D eigenvalue weighted by molar-refractivity contribution is 6.30. The van der Waals surface area contributed by atoms with Crippen LogP contribution < -0.4 is 5.32 Å². The quantitative estimate of drug-likeness (QED) is 0.448. The van der Waals surface area contributed by atoms with E-state index in [0.717, 1.165) is 11.1 Å². The number of benzene rings is 3. The molecule has 2 amide bonds. The first-order chi connectivity index (χ1) is 15.8. The van der Waals surface area contributed by atoms with Gasteiger partial charge in [0.2, 0.25) is 11.8 Å². The number of halogens is 2. The summed E-state index contributed by atoms with van der Waals surface area (Å²) >= 11 is 5.98. The van der Waals surface area contributed by atoms with Crippen molar-refractivity contribution in [2.45, 2.75) is 32.9 Å². The van der Waals surface area contributed by atoms with Gasteiger partial charge in [-0.3, -0.25) is 9.59 Å². The van der Waals surface area contributed by atoms with E-state index in [1.807, 2.05) is 44.2 Å². The van der Waals surface area contributed by atoms with Crippen LogP contribution >= 0.6 is 11.6 Å². The molecule has 0 aliphatic rings. The normalized spacial score (nSPS) is 11.8. The molecule has 1 unspecified atom stereocenters. The van der Waals surface area contributed by atoms with Crippen LogP contribution in [0.4, 0.5) is 4.39 Å². The van der Waals surface area contributed by atoms with Gasteiger partial charge in [0.25, 0.3) is 0 Å². The van der Waals surface area contributed by atoms with E-state index in [-0.39, 0.29) is 36.5 Å². The van der Waals surface area contributed by atoms with E-state index < -0.39 is 6.04 Å².